The Bertz CT molecular complexity index is 524. The van der Waals surface area contributed by atoms with Gasteiger partial charge in [-0.15, -0.1) is 0 Å². The molecule has 96 valence electrons. The van der Waals surface area contributed by atoms with Crippen LogP contribution >= 0.6 is 11.6 Å². The van der Waals surface area contributed by atoms with E-state index >= 15 is 0 Å². The minimum atomic E-state index is -0.366. The zero-order valence-electron chi connectivity index (χ0n) is 10.9. The fourth-order valence-corrected chi connectivity index (χ4v) is 2.24. The number of hydrogen-bond donors (Lipinski definition) is 0. The Balaban J connectivity index is 2.43. The maximum Gasteiger partial charge on any atom is 0.142 e. The average molecular weight is 266 g/mol. The van der Waals surface area contributed by atoms with E-state index in [4.69, 9.17) is 11.6 Å². The molecule has 0 bridgehead atoms. The Kier molecular flexibility index (Phi) is 3.58. The van der Waals surface area contributed by atoms with E-state index in [9.17, 15) is 4.39 Å². The predicted molar refractivity (Wildman–Crippen MR) is 75.8 cm³/mol. The highest BCUT2D eigenvalue weighted by Crippen LogP contribution is 2.32. The van der Waals surface area contributed by atoms with Gasteiger partial charge in [0.05, 0.1) is 5.02 Å². The lowest BCUT2D eigenvalue weighted by molar-refractivity contribution is 0.589. The minimum Gasteiger partial charge on any atom is -0.289 e. The van der Waals surface area contributed by atoms with Crippen LogP contribution < -0.4 is 0 Å². The van der Waals surface area contributed by atoms with Crippen molar-refractivity contribution in [1.29, 1.82) is 0 Å². The van der Waals surface area contributed by atoms with Crippen molar-refractivity contribution in [2.24, 2.45) is 10.4 Å². The highest BCUT2D eigenvalue weighted by molar-refractivity contribution is 6.32. The first-order valence-corrected chi connectivity index (χ1v) is 6.47. The van der Waals surface area contributed by atoms with E-state index in [-0.39, 0.29) is 16.3 Å². The smallest absolute Gasteiger partial charge is 0.142 e. The molecule has 0 unspecified atom stereocenters. The molecule has 2 rings (SSSR count). The molecule has 0 radical (unpaired) electrons. The lowest BCUT2D eigenvalue weighted by Gasteiger charge is -2.24. The normalized spacial score (nSPS) is 16.3. The van der Waals surface area contributed by atoms with Crippen LogP contribution in [0.15, 0.2) is 29.3 Å². The average Bonchev–Trinajstić information content (AvgIpc) is 2.32. The van der Waals surface area contributed by atoms with E-state index < -0.39 is 0 Å². The fraction of sp³-hybridized carbons (Fsp3) is 0.400. The Morgan fingerprint density at radius 2 is 2.00 bits per heavy atom. The first-order valence-electron chi connectivity index (χ1n) is 6.09. The molecule has 1 aromatic rings. The van der Waals surface area contributed by atoms with E-state index in [2.05, 4.69) is 25.8 Å². The molecule has 0 N–H and O–H groups in total. The first-order chi connectivity index (χ1) is 8.39. The van der Waals surface area contributed by atoms with Gasteiger partial charge in [-0.1, -0.05) is 44.5 Å². The largest absolute Gasteiger partial charge is 0.289 e. The van der Waals surface area contributed by atoms with Gasteiger partial charge in [-0.25, -0.2) is 4.39 Å². The second-order valence-corrected chi connectivity index (χ2v) is 5.92. The quantitative estimate of drug-likeness (QED) is 0.695. The molecule has 0 amide bonds. The maximum absolute atomic E-state index is 13.5. The van der Waals surface area contributed by atoms with Crippen molar-refractivity contribution >= 4 is 22.9 Å². The number of benzene rings is 1. The van der Waals surface area contributed by atoms with Crippen molar-refractivity contribution in [3.63, 3.8) is 0 Å². The third-order valence-corrected chi connectivity index (χ3v) is 3.42. The monoisotopic (exact) mass is 265 g/mol. The number of aliphatic imine (C=N–C) groups is 1. The zero-order chi connectivity index (χ0) is 13.3. The van der Waals surface area contributed by atoms with E-state index in [1.165, 1.54) is 6.07 Å². The second-order valence-electron chi connectivity index (χ2n) is 5.54. The predicted octanol–water partition coefficient (Wildman–Crippen LogP) is 4.75. The summed E-state index contributed by atoms with van der Waals surface area (Å²) in [6, 6.07) is 4.94. The number of dihydropyridines is 1. The maximum atomic E-state index is 13.5. The Labute approximate surface area is 112 Å². The summed E-state index contributed by atoms with van der Waals surface area (Å²) in [5, 5.41) is 0.207. The number of nitrogens with zero attached hydrogens (tertiary/aromatic N) is 1. The molecule has 0 saturated heterocycles. The molecule has 0 fully saturated rings. The SMILES string of the molecule is CC(C)(C)C1=NCCC(c2cccc(F)c2Cl)=C1. The van der Waals surface area contributed by atoms with Crippen molar-refractivity contribution < 1.29 is 4.39 Å². The summed E-state index contributed by atoms with van der Waals surface area (Å²) in [7, 11) is 0. The third-order valence-electron chi connectivity index (χ3n) is 3.04. The molecule has 1 aromatic carbocycles. The van der Waals surface area contributed by atoms with Crippen LogP contribution in [0.5, 0.6) is 0 Å². The number of hydrogen-bond acceptors (Lipinski definition) is 1. The Morgan fingerprint density at radius 1 is 1.28 bits per heavy atom. The molecule has 18 heavy (non-hydrogen) atoms. The van der Waals surface area contributed by atoms with Crippen LogP contribution in [0.2, 0.25) is 5.02 Å². The van der Waals surface area contributed by atoms with Crippen molar-refractivity contribution in [2.75, 3.05) is 6.54 Å². The highest BCUT2D eigenvalue weighted by Gasteiger charge is 2.21. The number of halogens is 2. The van der Waals surface area contributed by atoms with E-state index in [0.29, 0.717) is 0 Å². The molecule has 0 aliphatic carbocycles. The molecular formula is C15H17ClFN. The Hall–Kier alpha value is -1.15. The van der Waals surface area contributed by atoms with Crippen LogP contribution in [-0.4, -0.2) is 12.3 Å². The minimum absolute atomic E-state index is 0.00543. The molecule has 1 aliphatic heterocycles. The van der Waals surface area contributed by atoms with Crippen LogP contribution in [0.25, 0.3) is 5.57 Å². The van der Waals surface area contributed by atoms with Crippen LogP contribution in [0, 0.1) is 11.2 Å². The van der Waals surface area contributed by atoms with Crippen LogP contribution in [0.4, 0.5) is 4.39 Å². The molecule has 0 spiro atoms. The Morgan fingerprint density at radius 3 is 2.67 bits per heavy atom. The number of rotatable bonds is 1. The van der Waals surface area contributed by atoms with E-state index in [1.807, 2.05) is 12.1 Å². The lowest BCUT2D eigenvalue weighted by Crippen LogP contribution is -2.21. The summed E-state index contributed by atoms with van der Waals surface area (Å²) in [6.07, 6.45) is 2.85. The molecule has 1 aliphatic rings. The van der Waals surface area contributed by atoms with Crippen molar-refractivity contribution in [3.8, 4) is 0 Å². The van der Waals surface area contributed by atoms with Crippen LogP contribution in [0.1, 0.15) is 32.8 Å². The van der Waals surface area contributed by atoms with E-state index in [0.717, 1.165) is 29.8 Å². The van der Waals surface area contributed by atoms with E-state index in [1.54, 1.807) is 6.07 Å². The summed E-state index contributed by atoms with van der Waals surface area (Å²) in [4.78, 5) is 4.53. The molecule has 0 saturated carbocycles. The standard InChI is InChI=1S/C15H17ClFN/c1-15(2,3)13-9-10(7-8-18-13)11-5-4-6-12(17)14(11)16/h4-6,9H,7-8H2,1-3H3. The molecule has 0 atom stereocenters. The van der Waals surface area contributed by atoms with Crippen molar-refractivity contribution in [3.05, 3.63) is 40.7 Å². The summed E-state index contributed by atoms with van der Waals surface area (Å²) in [5.74, 6) is -0.366. The van der Waals surface area contributed by atoms with Crippen molar-refractivity contribution in [1.82, 2.24) is 0 Å². The summed E-state index contributed by atoms with van der Waals surface area (Å²) in [6.45, 7) is 7.11. The molecular weight excluding hydrogens is 249 g/mol. The van der Waals surface area contributed by atoms with Gasteiger partial charge in [0.25, 0.3) is 0 Å². The van der Waals surface area contributed by atoms with Gasteiger partial charge in [0, 0.05) is 17.7 Å². The van der Waals surface area contributed by atoms with Gasteiger partial charge < -0.3 is 0 Å². The summed E-state index contributed by atoms with van der Waals surface area (Å²) >= 11 is 6.03. The van der Waals surface area contributed by atoms with Gasteiger partial charge in [0.1, 0.15) is 5.82 Å². The van der Waals surface area contributed by atoms with Gasteiger partial charge in [0.15, 0.2) is 0 Å². The van der Waals surface area contributed by atoms with Gasteiger partial charge in [-0.3, -0.25) is 4.99 Å². The molecule has 1 nitrogen and oxygen atoms in total. The molecule has 3 heteroatoms. The lowest BCUT2D eigenvalue weighted by atomic mass is 9.85. The highest BCUT2D eigenvalue weighted by atomic mass is 35.5. The van der Waals surface area contributed by atoms with Crippen LogP contribution in [-0.2, 0) is 0 Å². The van der Waals surface area contributed by atoms with Crippen LogP contribution in [0.3, 0.4) is 0 Å². The second kappa shape index (κ2) is 4.85. The number of allylic oxidation sites excluding steroid dienone is 1. The van der Waals surface area contributed by atoms with Gasteiger partial charge in [-0.05, 0) is 29.7 Å². The van der Waals surface area contributed by atoms with Gasteiger partial charge in [0.2, 0.25) is 0 Å². The molecule has 0 aromatic heterocycles. The summed E-state index contributed by atoms with van der Waals surface area (Å²) < 4.78 is 13.5. The summed E-state index contributed by atoms with van der Waals surface area (Å²) in [5.41, 5.74) is 2.91. The van der Waals surface area contributed by atoms with Gasteiger partial charge >= 0.3 is 0 Å². The topological polar surface area (TPSA) is 12.4 Å². The fourth-order valence-electron chi connectivity index (χ4n) is 2.00. The zero-order valence-corrected chi connectivity index (χ0v) is 11.7. The molecule has 1 heterocycles. The van der Waals surface area contributed by atoms with Gasteiger partial charge in [-0.2, -0.15) is 0 Å². The first kappa shape index (κ1) is 13.3. The van der Waals surface area contributed by atoms with Crippen molar-refractivity contribution in [2.45, 2.75) is 27.2 Å². The third kappa shape index (κ3) is 2.64.